The molecule has 160 valence electrons. The lowest BCUT2D eigenvalue weighted by Crippen LogP contribution is -2.37. The Morgan fingerprint density at radius 1 is 1.29 bits per heavy atom. The topological polar surface area (TPSA) is 102 Å². The maximum Gasteiger partial charge on any atom is 0.223 e. The van der Waals surface area contributed by atoms with Gasteiger partial charge in [-0.2, -0.15) is 0 Å². The van der Waals surface area contributed by atoms with E-state index in [0.717, 1.165) is 51.2 Å². The van der Waals surface area contributed by atoms with E-state index in [4.69, 9.17) is 4.74 Å². The lowest BCUT2D eigenvalue weighted by Gasteiger charge is -2.23. The number of rotatable bonds is 5. The second-order valence-corrected chi connectivity index (χ2v) is 9.80. The SMILES string of the molecule is COc1cc2nnsc2cc1Nc1ncnc2sc3c(c12)CC[C@H](C(=O)NC(C)C)C3. The summed E-state index contributed by atoms with van der Waals surface area (Å²) in [7, 11) is 1.64. The molecule has 2 N–H and O–H groups in total. The van der Waals surface area contributed by atoms with Crippen molar-refractivity contribution in [3.63, 3.8) is 0 Å². The summed E-state index contributed by atoms with van der Waals surface area (Å²) in [6.45, 7) is 3.99. The summed E-state index contributed by atoms with van der Waals surface area (Å²) in [5.41, 5.74) is 2.86. The highest BCUT2D eigenvalue weighted by Crippen LogP contribution is 2.41. The van der Waals surface area contributed by atoms with Gasteiger partial charge in [0.2, 0.25) is 5.91 Å². The Hall–Kier alpha value is -2.85. The number of thiophene rings is 1. The van der Waals surface area contributed by atoms with Gasteiger partial charge in [-0.1, -0.05) is 4.49 Å². The van der Waals surface area contributed by atoms with Crippen molar-refractivity contribution in [1.82, 2.24) is 24.9 Å². The van der Waals surface area contributed by atoms with Gasteiger partial charge in [-0.25, -0.2) is 9.97 Å². The van der Waals surface area contributed by atoms with Gasteiger partial charge in [0.15, 0.2) is 0 Å². The molecule has 8 nitrogen and oxygen atoms in total. The summed E-state index contributed by atoms with van der Waals surface area (Å²) in [6, 6.07) is 4.01. The highest BCUT2D eigenvalue weighted by atomic mass is 32.1. The number of nitrogens with zero attached hydrogens (tertiary/aromatic N) is 4. The molecule has 3 aromatic heterocycles. The van der Waals surface area contributed by atoms with E-state index in [-0.39, 0.29) is 17.9 Å². The van der Waals surface area contributed by atoms with Crippen molar-refractivity contribution in [2.75, 3.05) is 12.4 Å². The van der Waals surface area contributed by atoms with Crippen molar-refractivity contribution in [3.05, 3.63) is 28.9 Å². The molecule has 0 fully saturated rings. The summed E-state index contributed by atoms with van der Waals surface area (Å²) in [5, 5.41) is 11.7. The van der Waals surface area contributed by atoms with E-state index in [9.17, 15) is 4.79 Å². The molecule has 1 aromatic carbocycles. The fourth-order valence-corrected chi connectivity index (χ4v) is 5.88. The summed E-state index contributed by atoms with van der Waals surface area (Å²) >= 11 is 3.00. The number of benzene rings is 1. The van der Waals surface area contributed by atoms with Crippen molar-refractivity contribution in [2.24, 2.45) is 5.92 Å². The van der Waals surface area contributed by atoms with Crippen LogP contribution in [0.1, 0.15) is 30.7 Å². The Morgan fingerprint density at radius 3 is 2.97 bits per heavy atom. The van der Waals surface area contributed by atoms with E-state index >= 15 is 0 Å². The van der Waals surface area contributed by atoms with Crippen LogP contribution in [0.25, 0.3) is 20.4 Å². The van der Waals surface area contributed by atoms with E-state index in [0.29, 0.717) is 5.75 Å². The summed E-state index contributed by atoms with van der Waals surface area (Å²) in [4.78, 5) is 23.7. The standard InChI is InChI=1S/C21H22N6O2S2/c1-10(2)24-20(28)11-4-5-12-16(6-11)30-21-18(12)19(22-9-23-21)25-13-8-17-14(26-27-31-17)7-15(13)29-3/h7-11H,4-6H2,1-3H3,(H,24,28)(H,22,23,25)/t11-/m0/s1. The molecule has 3 heterocycles. The number of ether oxygens (including phenoxy) is 1. The smallest absolute Gasteiger partial charge is 0.223 e. The van der Waals surface area contributed by atoms with Gasteiger partial charge >= 0.3 is 0 Å². The fraction of sp³-hybridized carbons (Fsp3) is 0.381. The molecule has 5 rings (SSSR count). The Kier molecular flexibility index (Phi) is 5.19. The first-order valence-electron chi connectivity index (χ1n) is 10.2. The number of methoxy groups -OCH3 is 1. The number of hydrogen-bond donors (Lipinski definition) is 2. The van der Waals surface area contributed by atoms with Crippen molar-refractivity contribution in [2.45, 2.75) is 39.2 Å². The second-order valence-electron chi connectivity index (χ2n) is 7.93. The zero-order chi connectivity index (χ0) is 21.5. The largest absolute Gasteiger partial charge is 0.494 e. The predicted molar refractivity (Wildman–Crippen MR) is 123 cm³/mol. The first-order chi connectivity index (χ1) is 15.0. The molecule has 1 atom stereocenters. The van der Waals surface area contributed by atoms with Crippen LogP contribution in [0.4, 0.5) is 11.5 Å². The van der Waals surface area contributed by atoms with Crippen LogP contribution in [0.3, 0.4) is 0 Å². The molecule has 10 heteroatoms. The molecule has 1 amide bonds. The summed E-state index contributed by atoms with van der Waals surface area (Å²) < 4.78 is 10.5. The van der Waals surface area contributed by atoms with E-state index in [1.165, 1.54) is 22.0 Å². The molecule has 1 aliphatic carbocycles. The molecule has 0 aliphatic heterocycles. The number of carbonyl (C=O) groups excluding carboxylic acids is 1. The Balaban J connectivity index is 1.51. The minimum Gasteiger partial charge on any atom is -0.494 e. The number of anilines is 2. The quantitative estimate of drug-likeness (QED) is 0.468. The van der Waals surface area contributed by atoms with Gasteiger partial charge in [-0.15, -0.1) is 16.4 Å². The minimum absolute atomic E-state index is 0.00802. The van der Waals surface area contributed by atoms with Crippen molar-refractivity contribution in [3.8, 4) is 5.75 Å². The van der Waals surface area contributed by atoms with E-state index in [1.54, 1.807) is 24.8 Å². The Bertz CT molecular complexity index is 1280. The van der Waals surface area contributed by atoms with Crippen LogP contribution >= 0.6 is 22.9 Å². The second kappa shape index (κ2) is 8.01. The zero-order valence-electron chi connectivity index (χ0n) is 17.4. The molecule has 31 heavy (non-hydrogen) atoms. The van der Waals surface area contributed by atoms with Crippen LogP contribution in [-0.2, 0) is 17.6 Å². The van der Waals surface area contributed by atoms with Crippen LogP contribution < -0.4 is 15.4 Å². The molecule has 0 saturated heterocycles. The zero-order valence-corrected chi connectivity index (χ0v) is 19.1. The predicted octanol–water partition coefficient (Wildman–Crippen LogP) is 4.08. The van der Waals surface area contributed by atoms with Gasteiger partial charge in [0.25, 0.3) is 0 Å². The summed E-state index contributed by atoms with van der Waals surface area (Å²) in [6.07, 6.45) is 3.99. The van der Waals surface area contributed by atoms with Gasteiger partial charge in [0, 0.05) is 22.9 Å². The number of aryl methyl sites for hydroxylation is 1. The van der Waals surface area contributed by atoms with Crippen molar-refractivity contribution in [1.29, 1.82) is 0 Å². The monoisotopic (exact) mass is 454 g/mol. The molecule has 1 aliphatic rings. The van der Waals surface area contributed by atoms with Crippen LogP contribution in [0.15, 0.2) is 18.5 Å². The third kappa shape index (κ3) is 3.70. The lowest BCUT2D eigenvalue weighted by atomic mass is 9.87. The Morgan fingerprint density at radius 2 is 2.16 bits per heavy atom. The van der Waals surface area contributed by atoms with E-state index in [1.807, 2.05) is 26.0 Å². The fourth-order valence-electron chi connectivity index (χ4n) is 4.03. The third-order valence-electron chi connectivity index (χ3n) is 5.47. The van der Waals surface area contributed by atoms with Crippen LogP contribution in [0.5, 0.6) is 5.75 Å². The average Bonchev–Trinajstić information content (AvgIpc) is 3.36. The molecule has 0 radical (unpaired) electrons. The van der Waals surface area contributed by atoms with Crippen LogP contribution in [0.2, 0.25) is 0 Å². The number of aromatic nitrogens is 4. The first-order valence-corrected chi connectivity index (χ1v) is 11.7. The number of hydrogen-bond acceptors (Lipinski definition) is 9. The molecule has 4 aromatic rings. The van der Waals surface area contributed by atoms with Gasteiger partial charge in [-0.3, -0.25) is 4.79 Å². The third-order valence-corrected chi connectivity index (χ3v) is 7.32. The summed E-state index contributed by atoms with van der Waals surface area (Å²) in [5.74, 6) is 1.58. The van der Waals surface area contributed by atoms with Crippen LogP contribution in [0, 0.1) is 5.92 Å². The van der Waals surface area contributed by atoms with Gasteiger partial charge in [-0.05, 0) is 56.3 Å². The number of carbonyl (C=O) groups is 1. The number of amides is 1. The van der Waals surface area contributed by atoms with Gasteiger partial charge in [0.05, 0.1) is 22.9 Å². The van der Waals surface area contributed by atoms with Crippen molar-refractivity contribution >= 4 is 60.7 Å². The van der Waals surface area contributed by atoms with Gasteiger partial charge in [0.1, 0.15) is 28.2 Å². The molecule has 0 saturated carbocycles. The van der Waals surface area contributed by atoms with Gasteiger partial charge < -0.3 is 15.4 Å². The molecule has 0 unspecified atom stereocenters. The molecule has 0 spiro atoms. The molecular formula is C21H22N6O2S2. The normalized spacial score (nSPS) is 15.9. The number of nitrogens with one attached hydrogen (secondary N) is 2. The average molecular weight is 455 g/mol. The maximum absolute atomic E-state index is 12.5. The molecule has 0 bridgehead atoms. The van der Waals surface area contributed by atoms with E-state index < -0.39 is 0 Å². The van der Waals surface area contributed by atoms with Crippen LogP contribution in [-0.4, -0.2) is 38.6 Å². The van der Waals surface area contributed by atoms with E-state index in [2.05, 4.69) is 30.2 Å². The van der Waals surface area contributed by atoms with Crippen molar-refractivity contribution < 1.29 is 9.53 Å². The highest BCUT2D eigenvalue weighted by molar-refractivity contribution is 7.19. The molecular weight excluding hydrogens is 432 g/mol. The lowest BCUT2D eigenvalue weighted by molar-refractivity contribution is -0.125. The highest BCUT2D eigenvalue weighted by Gasteiger charge is 2.29. The number of fused-ring (bicyclic) bond motifs is 4. The maximum atomic E-state index is 12.5. The minimum atomic E-state index is 0.00802. The Labute approximate surface area is 187 Å². The first kappa shape index (κ1) is 20.1.